The third kappa shape index (κ3) is 28.6. The summed E-state index contributed by atoms with van der Waals surface area (Å²) >= 11 is 0. The standard InChI is InChI=1S/C13H26N2O2.C12H25NO3.C4H10N2O/c1-5-7-8-9-11(16)15-12(10(3)4)13(17)14-6-2;1-11(2,6-13-10-14)8-16-9-12(3,4)7-15-5;1-2-3-6-4(5)7/h10,12H,5-9H2,1-4H3,(H,14,17)(H,15,16);10H,6-9H2,1-5H3,(H,13,14);2-3H2,1H3,(H3,5,6,7). The van der Waals surface area contributed by atoms with Crippen LogP contribution in [0.4, 0.5) is 4.79 Å². The van der Waals surface area contributed by atoms with Crippen LogP contribution in [-0.2, 0) is 23.9 Å². The second-order valence-corrected chi connectivity index (χ2v) is 11.7. The Hall–Kier alpha value is -2.40. The van der Waals surface area contributed by atoms with Crippen molar-refractivity contribution in [2.75, 3.05) is 46.6 Å². The molecule has 5 amide bonds. The van der Waals surface area contributed by atoms with Crippen molar-refractivity contribution in [3.05, 3.63) is 0 Å². The van der Waals surface area contributed by atoms with Gasteiger partial charge in [0.1, 0.15) is 6.04 Å². The normalized spacial score (nSPS) is 11.7. The number of amides is 5. The largest absolute Gasteiger partial charge is 0.384 e. The van der Waals surface area contributed by atoms with Crippen LogP contribution in [0, 0.1) is 16.7 Å². The Balaban J connectivity index is -0.000000556. The average molecular weight is 576 g/mol. The van der Waals surface area contributed by atoms with E-state index < -0.39 is 12.1 Å². The van der Waals surface area contributed by atoms with E-state index in [-0.39, 0.29) is 28.6 Å². The Labute approximate surface area is 243 Å². The molecule has 6 N–H and O–H groups in total. The molecular formula is C29H61N5O6. The van der Waals surface area contributed by atoms with E-state index in [0.717, 1.165) is 32.1 Å². The van der Waals surface area contributed by atoms with Gasteiger partial charge in [-0.1, -0.05) is 68.2 Å². The van der Waals surface area contributed by atoms with Crippen molar-refractivity contribution in [1.29, 1.82) is 0 Å². The molecule has 0 spiro atoms. The van der Waals surface area contributed by atoms with Crippen LogP contribution in [0.15, 0.2) is 0 Å². The summed E-state index contributed by atoms with van der Waals surface area (Å²) < 4.78 is 10.8. The van der Waals surface area contributed by atoms with Gasteiger partial charge in [0, 0.05) is 44.0 Å². The summed E-state index contributed by atoms with van der Waals surface area (Å²) in [6.45, 7) is 22.0. The quantitative estimate of drug-likeness (QED) is 0.117. The van der Waals surface area contributed by atoms with Gasteiger partial charge < -0.3 is 36.5 Å². The molecule has 0 saturated heterocycles. The second kappa shape index (κ2) is 25.6. The minimum Gasteiger partial charge on any atom is -0.384 e. The number of urea groups is 1. The summed E-state index contributed by atoms with van der Waals surface area (Å²) in [4.78, 5) is 43.4. The van der Waals surface area contributed by atoms with Gasteiger partial charge in [0.25, 0.3) is 0 Å². The first-order valence-electron chi connectivity index (χ1n) is 14.5. The number of nitrogens with two attached hydrogens (primary N) is 1. The van der Waals surface area contributed by atoms with Crippen LogP contribution in [0.5, 0.6) is 0 Å². The topological polar surface area (TPSA) is 161 Å². The predicted molar refractivity (Wildman–Crippen MR) is 162 cm³/mol. The molecule has 40 heavy (non-hydrogen) atoms. The highest BCUT2D eigenvalue weighted by Crippen LogP contribution is 2.19. The van der Waals surface area contributed by atoms with E-state index in [4.69, 9.17) is 15.2 Å². The summed E-state index contributed by atoms with van der Waals surface area (Å²) in [5, 5.41) is 10.7. The smallest absolute Gasteiger partial charge is 0.312 e. The lowest BCUT2D eigenvalue weighted by Gasteiger charge is -2.28. The molecule has 11 nitrogen and oxygen atoms in total. The Morgan fingerprint density at radius 2 is 1.50 bits per heavy atom. The van der Waals surface area contributed by atoms with Gasteiger partial charge in [-0.15, -0.1) is 0 Å². The SMILES string of the molecule is CCCCCC(=O)NC(C(=O)NCC)C(C)C.CCCNC(N)=O.COCC(C)(C)COCC(C)(C)CNC=O. The first kappa shape index (κ1) is 42.1. The summed E-state index contributed by atoms with van der Waals surface area (Å²) in [5.41, 5.74) is 4.72. The molecule has 0 saturated carbocycles. The van der Waals surface area contributed by atoms with Gasteiger partial charge in [0.2, 0.25) is 18.2 Å². The fourth-order valence-corrected chi connectivity index (χ4v) is 3.25. The third-order valence-corrected chi connectivity index (χ3v) is 5.36. The molecule has 238 valence electrons. The van der Waals surface area contributed by atoms with E-state index >= 15 is 0 Å². The minimum absolute atomic E-state index is 0.0246. The molecule has 0 radical (unpaired) electrons. The third-order valence-electron chi connectivity index (χ3n) is 5.36. The highest BCUT2D eigenvalue weighted by Gasteiger charge is 2.23. The lowest BCUT2D eigenvalue weighted by Crippen LogP contribution is -2.49. The van der Waals surface area contributed by atoms with E-state index in [1.165, 1.54) is 0 Å². The summed E-state index contributed by atoms with van der Waals surface area (Å²) in [7, 11) is 1.69. The van der Waals surface area contributed by atoms with Gasteiger partial charge in [-0.2, -0.15) is 0 Å². The fraction of sp³-hybridized carbons (Fsp3) is 0.862. The molecule has 1 atom stereocenters. The van der Waals surface area contributed by atoms with Gasteiger partial charge in [0.05, 0.1) is 19.8 Å². The minimum atomic E-state index is -0.443. The number of ether oxygens (including phenoxy) is 2. The number of hydrogen-bond acceptors (Lipinski definition) is 6. The summed E-state index contributed by atoms with van der Waals surface area (Å²) in [5.74, 6) is -0.00794. The molecule has 0 aromatic carbocycles. The predicted octanol–water partition coefficient (Wildman–Crippen LogP) is 3.36. The van der Waals surface area contributed by atoms with E-state index in [9.17, 15) is 19.2 Å². The zero-order valence-corrected chi connectivity index (χ0v) is 27.0. The van der Waals surface area contributed by atoms with Crippen LogP contribution in [-0.4, -0.2) is 76.9 Å². The summed E-state index contributed by atoms with van der Waals surface area (Å²) in [6, 6.07) is -0.856. The Bertz CT molecular complexity index is 671. The summed E-state index contributed by atoms with van der Waals surface area (Å²) in [6.07, 6.45) is 5.21. The van der Waals surface area contributed by atoms with Gasteiger partial charge in [-0.05, 0) is 25.7 Å². The molecule has 0 rings (SSSR count). The Morgan fingerprint density at radius 3 is 1.93 bits per heavy atom. The van der Waals surface area contributed by atoms with Crippen LogP contribution in [0.2, 0.25) is 0 Å². The number of hydrogen-bond donors (Lipinski definition) is 5. The number of unbranched alkanes of at least 4 members (excludes halogenated alkanes) is 2. The molecule has 0 bridgehead atoms. The number of primary amides is 1. The molecule has 0 aromatic rings. The maximum absolute atomic E-state index is 11.7. The fourth-order valence-electron chi connectivity index (χ4n) is 3.25. The second-order valence-electron chi connectivity index (χ2n) is 11.7. The molecule has 11 heteroatoms. The van der Waals surface area contributed by atoms with Crippen molar-refractivity contribution in [2.24, 2.45) is 22.5 Å². The van der Waals surface area contributed by atoms with E-state index in [2.05, 4.69) is 55.9 Å². The van der Waals surface area contributed by atoms with Crippen LogP contribution in [0.1, 0.15) is 94.4 Å². The highest BCUT2D eigenvalue weighted by atomic mass is 16.5. The van der Waals surface area contributed by atoms with Crippen LogP contribution < -0.4 is 27.0 Å². The number of methoxy groups -OCH3 is 1. The van der Waals surface area contributed by atoms with Gasteiger partial charge in [-0.25, -0.2) is 4.79 Å². The molecule has 0 aromatic heterocycles. The molecule has 0 heterocycles. The lowest BCUT2D eigenvalue weighted by molar-refractivity contribution is -0.130. The van der Waals surface area contributed by atoms with Gasteiger partial charge >= 0.3 is 6.03 Å². The first-order chi connectivity index (χ1) is 18.6. The van der Waals surface area contributed by atoms with Gasteiger partial charge in [-0.3, -0.25) is 14.4 Å². The number of carbonyl (C=O) groups is 4. The maximum atomic E-state index is 11.7. The number of carbonyl (C=O) groups excluding carboxylic acids is 4. The lowest BCUT2D eigenvalue weighted by atomic mass is 9.93. The maximum Gasteiger partial charge on any atom is 0.312 e. The molecular weight excluding hydrogens is 514 g/mol. The van der Waals surface area contributed by atoms with Crippen LogP contribution in [0.3, 0.4) is 0 Å². The van der Waals surface area contributed by atoms with Crippen molar-refractivity contribution in [2.45, 2.75) is 100 Å². The van der Waals surface area contributed by atoms with Crippen molar-refractivity contribution in [3.8, 4) is 0 Å². The van der Waals surface area contributed by atoms with Crippen molar-refractivity contribution in [3.63, 3.8) is 0 Å². The van der Waals surface area contributed by atoms with Crippen molar-refractivity contribution >= 4 is 24.3 Å². The van der Waals surface area contributed by atoms with E-state index in [0.29, 0.717) is 45.9 Å². The molecule has 0 fully saturated rings. The Morgan fingerprint density at radius 1 is 0.900 bits per heavy atom. The van der Waals surface area contributed by atoms with Gasteiger partial charge in [0.15, 0.2) is 0 Å². The van der Waals surface area contributed by atoms with Crippen LogP contribution >= 0.6 is 0 Å². The average Bonchev–Trinajstić information content (AvgIpc) is 2.85. The molecule has 0 aliphatic carbocycles. The zero-order valence-electron chi connectivity index (χ0n) is 27.0. The highest BCUT2D eigenvalue weighted by molar-refractivity contribution is 5.87. The molecule has 0 aliphatic rings. The zero-order chi connectivity index (χ0) is 31.6. The number of rotatable bonds is 19. The van der Waals surface area contributed by atoms with Crippen molar-refractivity contribution < 1.29 is 28.7 Å². The molecule has 0 aliphatic heterocycles. The number of likely N-dealkylation sites (N-methyl/N-ethyl adjacent to an activating group) is 1. The van der Waals surface area contributed by atoms with Crippen molar-refractivity contribution in [1.82, 2.24) is 21.3 Å². The monoisotopic (exact) mass is 575 g/mol. The molecule has 1 unspecified atom stereocenters. The van der Waals surface area contributed by atoms with Crippen LogP contribution in [0.25, 0.3) is 0 Å². The number of nitrogens with one attached hydrogen (secondary N) is 4. The van der Waals surface area contributed by atoms with E-state index in [1.54, 1.807) is 7.11 Å². The first-order valence-corrected chi connectivity index (χ1v) is 14.5. The van der Waals surface area contributed by atoms with E-state index in [1.807, 2.05) is 27.7 Å². The Kier molecular flexibility index (Phi) is 26.9.